The number of carboxylic acids is 2. The van der Waals surface area contributed by atoms with Crippen LogP contribution in [0.4, 0.5) is 0 Å². The molecular formula is C13H25N3O7. The first-order valence-corrected chi connectivity index (χ1v) is 7.05. The van der Waals surface area contributed by atoms with Gasteiger partial charge in [0, 0.05) is 26.2 Å². The van der Waals surface area contributed by atoms with Gasteiger partial charge in [-0.3, -0.25) is 24.3 Å². The summed E-state index contributed by atoms with van der Waals surface area (Å²) in [4.78, 5) is 46.3. The van der Waals surface area contributed by atoms with Crippen LogP contribution in [0.15, 0.2) is 0 Å². The summed E-state index contributed by atoms with van der Waals surface area (Å²) in [5.74, 6) is -2.17. The van der Waals surface area contributed by atoms with Gasteiger partial charge in [0.2, 0.25) is 0 Å². The van der Waals surface area contributed by atoms with Crippen LogP contribution in [0.2, 0.25) is 0 Å². The van der Waals surface area contributed by atoms with E-state index in [4.69, 9.17) is 15.1 Å². The van der Waals surface area contributed by atoms with Gasteiger partial charge in [-0.15, -0.1) is 0 Å². The van der Waals surface area contributed by atoms with Gasteiger partial charge in [0.1, 0.15) is 13.0 Å². The van der Waals surface area contributed by atoms with E-state index in [0.717, 1.165) is 6.29 Å². The highest BCUT2D eigenvalue weighted by Crippen LogP contribution is 1.96. The van der Waals surface area contributed by atoms with Gasteiger partial charge in [-0.1, -0.05) is 0 Å². The van der Waals surface area contributed by atoms with Gasteiger partial charge in [0.05, 0.1) is 26.7 Å². The first kappa shape index (κ1) is 21.4. The Kier molecular flexibility index (Phi) is 12.0. The van der Waals surface area contributed by atoms with Crippen molar-refractivity contribution in [1.82, 2.24) is 14.7 Å². The van der Waals surface area contributed by atoms with Crippen molar-refractivity contribution in [2.24, 2.45) is 0 Å². The van der Waals surface area contributed by atoms with Gasteiger partial charge in [0.25, 0.3) is 0 Å². The van der Waals surface area contributed by atoms with Gasteiger partial charge in [-0.25, -0.2) is 9.78 Å². The quantitative estimate of drug-likeness (QED) is 0.157. The third kappa shape index (κ3) is 12.6. The second-order valence-corrected chi connectivity index (χ2v) is 4.96. The molecule has 0 saturated carbocycles. The SMILES string of the molecule is COOCN(CCN(C)CC=O)CCN(CC(=O)O)CC(=O)O. The average molecular weight is 335 g/mol. The fraction of sp³-hybridized carbons (Fsp3) is 0.769. The van der Waals surface area contributed by atoms with Crippen LogP contribution in [-0.4, -0.2) is 110 Å². The molecule has 0 aliphatic rings. The molecule has 10 heteroatoms. The summed E-state index contributed by atoms with van der Waals surface area (Å²) in [6.45, 7) is 1.57. The van der Waals surface area contributed by atoms with Gasteiger partial charge >= 0.3 is 11.9 Å². The number of likely N-dealkylation sites (N-methyl/N-ethyl adjacent to an activating group) is 1. The Morgan fingerprint density at radius 1 is 1.00 bits per heavy atom. The largest absolute Gasteiger partial charge is 0.480 e. The van der Waals surface area contributed by atoms with Crippen molar-refractivity contribution in [2.45, 2.75) is 0 Å². The number of carbonyl (C=O) groups excluding carboxylic acids is 1. The van der Waals surface area contributed by atoms with Crippen LogP contribution >= 0.6 is 0 Å². The fourth-order valence-corrected chi connectivity index (χ4v) is 1.78. The molecule has 0 spiro atoms. The van der Waals surface area contributed by atoms with Crippen molar-refractivity contribution >= 4 is 18.2 Å². The third-order valence-corrected chi connectivity index (χ3v) is 2.99. The van der Waals surface area contributed by atoms with Crippen molar-refractivity contribution in [1.29, 1.82) is 0 Å². The second-order valence-electron chi connectivity index (χ2n) is 4.96. The number of carbonyl (C=O) groups is 3. The molecule has 0 unspecified atom stereocenters. The van der Waals surface area contributed by atoms with E-state index in [2.05, 4.69) is 4.89 Å². The van der Waals surface area contributed by atoms with E-state index in [-0.39, 0.29) is 26.4 Å². The highest BCUT2D eigenvalue weighted by molar-refractivity contribution is 5.72. The lowest BCUT2D eigenvalue weighted by Gasteiger charge is -2.26. The Hall–Kier alpha value is -1.59. The van der Waals surface area contributed by atoms with Crippen LogP contribution in [0.25, 0.3) is 0 Å². The molecule has 134 valence electrons. The molecule has 0 bridgehead atoms. The van der Waals surface area contributed by atoms with Crippen LogP contribution in [0.3, 0.4) is 0 Å². The number of hydrogen-bond donors (Lipinski definition) is 2. The summed E-state index contributed by atoms with van der Waals surface area (Å²) in [5.41, 5.74) is 0. The van der Waals surface area contributed by atoms with Gasteiger partial charge in [-0.2, -0.15) is 0 Å². The van der Waals surface area contributed by atoms with Crippen molar-refractivity contribution in [3.05, 3.63) is 0 Å². The highest BCUT2D eigenvalue weighted by Gasteiger charge is 2.15. The molecular weight excluding hydrogens is 310 g/mol. The summed E-state index contributed by atoms with van der Waals surface area (Å²) < 4.78 is 0. The Labute approximate surface area is 135 Å². The zero-order valence-corrected chi connectivity index (χ0v) is 13.5. The normalized spacial score (nSPS) is 11.3. The van der Waals surface area contributed by atoms with E-state index in [0.29, 0.717) is 26.2 Å². The molecule has 0 aliphatic heterocycles. The minimum atomic E-state index is -1.09. The molecule has 0 aromatic carbocycles. The summed E-state index contributed by atoms with van der Waals surface area (Å²) in [6.07, 6.45) is 0.803. The Morgan fingerprint density at radius 2 is 1.52 bits per heavy atom. The number of carboxylic acid groups (broad SMARTS) is 2. The topological polar surface area (TPSA) is 120 Å². The fourth-order valence-electron chi connectivity index (χ4n) is 1.78. The van der Waals surface area contributed by atoms with Crippen LogP contribution in [-0.2, 0) is 24.2 Å². The average Bonchev–Trinajstić information content (AvgIpc) is 2.45. The molecule has 0 atom stereocenters. The van der Waals surface area contributed by atoms with E-state index in [1.165, 1.54) is 12.0 Å². The Morgan fingerprint density at radius 3 is 2.00 bits per heavy atom. The number of aliphatic carboxylic acids is 2. The Bertz CT molecular complexity index is 351. The molecule has 2 N–H and O–H groups in total. The van der Waals surface area contributed by atoms with Gasteiger partial charge in [-0.05, 0) is 7.05 Å². The Balaban J connectivity index is 4.43. The molecule has 0 aromatic heterocycles. The lowest BCUT2D eigenvalue weighted by atomic mass is 10.4. The molecule has 0 amide bonds. The first-order chi connectivity index (χ1) is 10.9. The van der Waals surface area contributed by atoms with Gasteiger partial charge in [0.15, 0.2) is 0 Å². The van der Waals surface area contributed by atoms with Crippen LogP contribution < -0.4 is 0 Å². The van der Waals surface area contributed by atoms with Crippen molar-refractivity contribution < 1.29 is 34.4 Å². The zero-order valence-electron chi connectivity index (χ0n) is 13.5. The van der Waals surface area contributed by atoms with E-state index in [1.807, 2.05) is 9.80 Å². The van der Waals surface area contributed by atoms with Crippen LogP contribution in [0, 0.1) is 0 Å². The number of nitrogens with zero attached hydrogens (tertiary/aromatic N) is 3. The summed E-state index contributed by atoms with van der Waals surface area (Å²) in [5, 5.41) is 17.6. The monoisotopic (exact) mass is 335 g/mol. The number of aldehydes is 1. The molecule has 23 heavy (non-hydrogen) atoms. The minimum Gasteiger partial charge on any atom is -0.480 e. The lowest BCUT2D eigenvalue weighted by Crippen LogP contribution is -2.43. The second kappa shape index (κ2) is 12.9. The zero-order chi connectivity index (χ0) is 17.7. The molecule has 0 fully saturated rings. The van der Waals surface area contributed by atoms with Crippen molar-refractivity contribution in [3.63, 3.8) is 0 Å². The maximum atomic E-state index is 10.8. The predicted molar refractivity (Wildman–Crippen MR) is 79.8 cm³/mol. The maximum Gasteiger partial charge on any atom is 0.317 e. The van der Waals surface area contributed by atoms with Crippen LogP contribution in [0.1, 0.15) is 0 Å². The molecule has 0 saturated heterocycles. The number of hydrogen-bond acceptors (Lipinski definition) is 8. The summed E-state index contributed by atoms with van der Waals surface area (Å²) >= 11 is 0. The summed E-state index contributed by atoms with van der Waals surface area (Å²) in [6, 6.07) is 0. The minimum absolute atomic E-state index is 0.152. The molecule has 0 aromatic rings. The molecule has 0 aliphatic carbocycles. The molecule has 0 rings (SSSR count). The van der Waals surface area contributed by atoms with Gasteiger partial charge < -0.3 is 15.0 Å². The van der Waals surface area contributed by atoms with E-state index in [9.17, 15) is 14.4 Å². The molecule has 0 heterocycles. The summed E-state index contributed by atoms with van der Waals surface area (Å²) in [7, 11) is 3.17. The predicted octanol–water partition coefficient (Wildman–Crippen LogP) is -1.57. The van der Waals surface area contributed by atoms with Crippen molar-refractivity contribution in [3.8, 4) is 0 Å². The lowest BCUT2D eigenvalue weighted by molar-refractivity contribution is -0.295. The van der Waals surface area contributed by atoms with Crippen LogP contribution in [0.5, 0.6) is 0 Å². The van der Waals surface area contributed by atoms with E-state index >= 15 is 0 Å². The number of rotatable bonds is 15. The highest BCUT2D eigenvalue weighted by atomic mass is 17.2. The maximum absolute atomic E-state index is 10.8. The van der Waals surface area contributed by atoms with Crippen molar-refractivity contribution in [2.75, 3.05) is 66.7 Å². The standard InChI is InChI=1S/C13H25N3O7/c1-14(7-8-17)3-4-15(11-23-22-2)5-6-16(9-12(18)19)10-13(20)21/h8H,3-7,9-11H2,1-2H3,(H,18,19)(H,20,21). The third-order valence-electron chi connectivity index (χ3n) is 2.99. The first-order valence-electron chi connectivity index (χ1n) is 7.05. The van der Waals surface area contributed by atoms with E-state index in [1.54, 1.807) is 7.05 Å². The molecule has 0 radical (unpaired) electrons. The van der Waals surface area contributed by atoms with E-state index < -0.39 is 11.9 Å². The smallest absolute Gasteiger partial charge is 0.317 e. The molecule has 10 nitrogen and oxygen atoms in total.